The van der Waals surface area contributed by atoms with E-state index in [4.69, 9.17) is 9.47 Å². The number of rotatable bonds is 5. The number of methoxy groups -OCH3 is 1. The topological polar surface area (TPSA) is 38.7 Å². The fraction of sp³-hybridized carbons (Fsp3) is 0.333. The molecule has 2 aromatic rings. The van der Waals surface area contributed by atoms with E-state index in [1.165, 1.54) is 5.56 Å². The maximum Gasteiger partial charge on any atom is 0.125 e. The summed E-state index contributed by atoms with van der Waals surface area (Å²) in [5.41, 5.74) is 4.21. The smallest absolute Gasteiger partial charge is 0.125 e. The van der Waals surface area contributed by atoms with Crippen molar-refractivity contribution in [2.24, 2.45) is 0 Å². The lowest BCUT2D eigenvalue weighted by atomic mass is 10.1. The van der Waals surface area contributed by atoms with E-state index in [9.17, 15) is 5.11 Å². The van der Waals surface area contributed by atoms with Gasteiger partial charge in [0.25, 0.3) is 0 Å². The second-order valence-corrected chi connectivity index (χ2v) is 5.25. The van der Waals surface area contributed by atoms with Gasteiger partial charge in [0.05, 0.1) is 7.11 Å². The third-order valence-corrected chi connectivity index (χ3v) is 3.76. The number of hydrogen-bond acceptors (Lipinski definition) is 3. The average Bonchev–Trinajstić information content (AvgIpc) is 2.51. The highest BCUT2D eigenvalue weighted by molar-refractivity contribution is 5.44. The van der Waals surface area contributed by atoms with Gasteiger partial charge in [-0.25, -0.2) is 0 Å². The molecule has 3 nitrogen and oxygen atoms in total. The first-order valence-corrected chi connectivity index (χ1v) is 7.04. The van der Waals surface area contributed by atoms with Gasteiger partial charge in [0.2, 0.25) is 0 Å². The normalized spacial score (nSPS) is 12.0. The molecular weight excluding hydrogens is 264 g/mol. The van der Waals surface area contributed by atoms with Crippen LogP contribution >= 0.6 is 0 Å². The van der Waals surface area contributed by atoms with Crippen LogP contribution in [-0.4, -0.2) is 18.8 Å². The first kappa shape index (κ1) is 15.4. The van der Waals surface area contributed by atoms with Crippen LogP contribution in [0, 0.1) is 20.8 Å². The van der Waals surface area contributed by atoms with Crippen molar-refractivity contribution in [2.45, 2.75) is 26.9 Å². The summed E-state index contributed by atoms with van der Waals surface area (Å²) in [6, 6.07) is 11.5. The Bertz CT molecular complexity index is 603. The molecule has 0 fully saturated rings. The zero-order valence-electron chi connectivity index (χ0n) is 13.0. The Morgan fingerprint density at radius 1 is 0.952 bits per heavy atom. The molecule has 0 aliphatic rings. The minimum atomic E-state index is -0.657. The molecule has 0 aliphatic carbocycles. The zero-order valence-corrected chi connectivity index (χ0v) is 13.0. The standard InChI is InChI=1S/C18H22O3/c1-12-5-6-13(2)18(14(12)3)21-11-17(19)15-7-9-16(20-4)10-8-15/h5-10,17,19H,11H2,1-4H3. The Hall–Kier alpha value is -2.00. The fourth-order valence-corrected chi connectivity index (χ4v) is 2.23. The highest BCUT2D eigenvalue weighted by atomic mass is 16.5. The number of benzene rings is 2. The molecule has 1 N–H and O–H groups in total. The Kier molecular flexibility index (Phi) is 4.86. The van der Waals surface area contributed by atoms with Gasteiger partial charge in [-0.2, -0.15) is 0 Å². The van der Waals surface area contributed by atoms with Crippen LogP contribution in [0.2, 0.25) is 0 Å². The zero-order chi connectivity index (χ0) is 15.4. The molecule has 112 valence electrons. The van der Waals surface area contributed by atoms with Gasteiger partial charge in [-0.3, -0.25) is 0 Å². The van der Waals surface area contributed by atoms with Crippen LogP contribution < -0.4 is 9.47 Å². The predicted molar refractivity (Wildman–Crippen MR) is 84.1 cm³/mol. The van der Waals surface area contributed by atoms with Crippen LogP contribution in [0.1, 0.15) is 28.4 Å². The molecule has 0 radical (unpaired) electrons. The van der Waals surface area contributed by atoms with Crippen LogP contribution in [-0.2, 0) is 0 Å². The molecule has 1 atom stereocenters. The van der Waals surface area contributed by atoms with Gasteiger partial charge in [0, 0.05) is 0 Å². The summed E-state index contributed by atoms with van der Waals surface area (Å²) in [6.07, 6.45) is -0.657. The number of aliphatic hydroxyl groups is 1. The van der Waals surface area contributed by atoms with Gasteiger partial charge in [0.1, 0.15) is 24.2 Å². The van der Waals surface area contributed by atoms with Gasteiger partial charge in [-0.15, -0.1) is 0 Å². The van der Waals surface area contributed by atoms with Gasteiger partial charge >= 0.3 is 0 Å². The highest BCUT2D eigenvalue weighted by Gasteiger charge is 2.12. The van der Waals surface area contributed by atoms with Crippen molar-refractivity contribution in [3.8, 4) is 11.5 Å². The first-order chi connectivity index (χ1) is 10.0. The Labute approximate surface area is 126 Å². The molecule has 2 aromatic carbocycles. The Balaban J connectivity index is 2.07. The summed E-state index contributed by atoms with van der Waals surface area (Å²) in [6.45, 7) is 6.35. The molecule has 2 rings (SSSR count). The monoisotopic (exact) mass is 286 g/mol. The lowest BCUT2D eigenvalue weighted by Crippen LogP contribution is -2.11. The molecule has 0 spiro atoms. The van der Waals surface area contributed by atoms with Gasteiger partial charge in [0.15, 0.2) is 0 Å². The number of hydrogen-bond donors (Lipinski definition) is 1. The van der Waals surface area contributed by atoms with E-state index in [1.807, 2.05) is 44.2 Å². The van der Waals surface area contributed by atoms with E-state index in [-0.39, 0.29) is 6.61 Å². The molecule has 0 heterocycles. The molecule has 0 aromatic heterocycles. The van der Waals surface area contributed by atoms with Crippen molar-refractivity contribution in [1.82, 2.24) is 0 Å². The molecule has 0 saturated carbocycles. The van der Waals surface area contributed by atoms with Crippen LogP contribution in [0.25, 0.3) is 0 Å². The second-order valence-electron chi connectivity index (χ2n) is 5.25. The summed E-state index contributed by atoms with van der Waals surface area (Å²) in [7, 11) is 1.62. The van der Waals surface area contributed by atoms with Crippen LogP contribution in [0.3, 0.4) is 0 Å². The lowest BCUT2D eigenvalue weighted by Gasteiger charge is -2.17. The number of aliphatic hydroxyl groups excluding tert-OH is 1. The van der Waals surface area contributed by atoms with Crippen LogP contribution in [0.5, 0.6) is 11.5 Å². The van der Waals surface area contributed by atoms with Gasteiger partial charge in [-0.05, 0) is 55.2 Å². The molecule has 21 heavy (non-hydrogen) atoms. The van der Waals surface area contributed by atoms with Crippen molar-refractivity contribution in [2.75, 3.05) is 13.7 Å². The van der Waals surface area contributed by atoms with Crippen molar-refractivity contribution in [3.05, 3.63) is 58.7 Å². The van der Waals surface area contributed by atoms with E-state index in [1.54, 1.807) is 7.11 Å². The van der Waals surface area contributed by atoms with E-state index in [2.05, 4.69) is 13.0 Å². The third kappa shape index (κ3) is 3.56. The summed E-state index contributed by atoms with van der Waals surface area (Å²) in [5.74, 6) is 1.64. The molecule has 0 bridgehead atoms. The maximum absolute atomic E-state index is 10.2. The number of ether oxygens (including phenoxy) is 2. The summed E-state index contributed by atoms with van der Waals surface area (Å²) < 4.78 is 10.9. The quantitative estimate of drug-likeness (QED) is 0.910. The summed E-state index contributed by atoms with van der Waals surface area (Å²) in [5, 5.41) is 10.2. The van der Waals surface area contributed by atoms with Gasteiger partial charge in [-0.1, -0.05) is 24.3 Å². The SMILES string of the molecule is COc1ccc(C(O)COc2c(C)ccc(C)c2C)cc1. The Morgan fingerprint density at radius 3 is 2.19 bits per heavy atom. The molecule has 0 amide bonds. The summed E-state index contributed by atoms with van der Waals surface area (Å²) >= 11 is 0. The predicted octanol–water partition coefficient (Wildman–Crippen LogP) is 3.73. The molecular formula is C18H22O3. The maximum atomic E-state index is 10.2. The molecule has 1 unspecified atom stereocenters. The molecule has 0 aliphatic heterocycles. The van der Waals surface area contributed by atoms with E-state index in [0.29, 0.717) is 0 Å². The number of aryl methyl sites for hydroxylation is 2. The van der Waals surface area contributed by atoms with Crippen LogP contribution in [0.4, 0.5) is 0 Å². The highest BCUT2D eigenvalue weighted by Crippen LogP contribution is 2.27. The van der Waals surface area contributed by atoms with Crippen molar-refractivity contribution >= 4 is 0 Å². The summed E-state index contributed by atoms with van der Waals surface area (Å²) in [4.78, 5) is 0. The van der Waals surface area contributed by atoms with Crippen molar-refractivity contribution in [1.29, 1.82) is 0 Å². The first-order valence-electron chi connectivity index (χ1n) is 7.04. The van der Waals surface area contributed by atoms with E-state index < -0.39 is 6.10 Å². The molecule has 0 saturated heterocycles. The lowest BCUT2D eigenvalue weighted by molar-refractivity contribution is 0.107. The fourth-order valence-electron chi connectivity index (χ4n) is 2.23. The van der Waals surface area contributed by atoms with Crippen molar-refractivity contribution < 1.29 is 14.6 Å². The minimum absolute atomic E-state index is 0.234. The molecule has 3 heteroatoms. The Morgan fingerprint density at radius 2 is 1.57 bits per heavy atom. The third-order valence-electron chi connectivity index (χ3n) is 3.76. The average molecular weight is 286 g/mol. The minimum Gasteiger partial charge on any atom is -0.497 e. The van der Waals surface area contributed by atoms with Gasteiger partial charge < -0.3 is 14.6 Å². The van der Waals surface area contributed by atoms with Crippen molar-refractivity contribution in [3.63, 3.8) is 0 Å². The van der Waals surface area contributed by atoms with Crippen LogP contribution in [0.15, 0.2) is 36.4 Å². The van der Waals surface area contributed by atoms with E-state index in [0.717, 1.165) is 28.2 Å². The van der Waals surface area contributed by atoms with E-state index >= 15 is 0 Å². The largest absolute Gasteiger partial charge is 0.497 e. The second kappa shape index (κ2) is 6.64.